The Bertz CT molecular complexity index is 860. The van der Waals surface area contributed by atoms with Gasteiger partial charge in [-0.15, -0.1) is 0 Å². The number of ether oxygens (including phenoxy) is 1. The van der Waals surface area contributed by atoms with E-state index in [-0.39, 0.29) is 154 Å². The number of carboxylic acid groups (broad SMARTS) is 1. The number of hydrogen-bond acceptors (Lipinski definition) is 4. The zero-order valence-electron chi connectivity index (χ0n) is 20.2. The van der Waals surface area contributed by atoms with E-state index in [1.54, 1.807) is 0 Å². The molecule has 1 spiro atoms. The van der Waals surface area contributed by atoms with Gasteiger partial charge in [-0.25, -0.2) is 0 Å². The maximum absolute atomic E-state index is 12.1. The van der Waals surface area contributed by atoms with Gasteiger partial charge in [0.2, 0.25) is 0 Å². The molecule has 0 radical (unpaired) electrons. The SMILES string of the molecule is C[C@]12CCC(=O)C=C1[C@@H]1C[C@@H]1[C@H]1[C@@H]3CC[C@@](O)(CCC(=O)O)[C@]3(C)CC3O[C@]312.S.S.S.S.S.[K+]. The van der Waals surface area contributed by atoms with Crippen LogP contribution in [0.2, 0.25) is 0 Å². The Morgan fingerprint density at radius 1 is 1.15 bits per heavy atom. The second-order valence-corrected chi connectivity index (χ2v) is 11.0. The van der Waals surface area contributed by atoms with Gasteiger partial charge in [0, 0.05) is 23.7 Å². The van der Waals surface area contributed by atoms with Crippen LogP contribution in [0.1, 0.15) is 65.2 Å². The first-order valence-corrected chi connectivity index (χ1v) is 11.0. The number of fused-ring (bicyclic) bond motifs is 6. The standard InChI is InChI=1S/C23H30O5.K.5H2S/c1-20-6-3-12(24)9-16(20)13-10-14(13)19-15-4-7-22(27,8-5-18(25)26)21(15,2)11-17-23(19,20)28-17;;;;;;/h9,13-15,17,19,27H,3-8,10-11H2,1-2H3,(H,25,26);;5*1H2/q;+1;;;;;/t13-,14+,15+,17?,19+,20+,21-,22-,23-;;;;;;/m1....../s1. The first-order valence-electron chi connectivity index (χ1n) is 11.0. The number of carbonyl (C=O) groups is 2. The summed E-state index contributed by atoms with van der Waals surface area (Å²) in [6, 6.07) is 0. The molecule has 2 N–H and O–H groups in total. The number of ketones is 1. The summed E-state index contributed by atoms with van der Waals surface area (Å²) in [5.41, 5.74) is -0.0168. The molecular weight excluding hydrogens is 556 g/mol. The second kappa shape index (κ2) is 11.4. The summed E-state index contributed by atoms with van der Waals surface area (Å²) < 4.78 is 6.62. The van der Waals surface area contributed by atoms with Gasteiger partial charge in [-0.1, -0.05) is 19.4 Å². The van der Waals surface area contributed by atoms with E-state index in [1.807, 2.05) is 6.08 Å². The Balaban J connectivity index is 0.00000181. The molecule has 6 rings (SSSR count). The van der Waals surface area contributed by atoms with Gasteiger partial charge in [0.1, 0.15) is 5.60 Å². The molecule has 1 aliphatic heterocycles. The Labute approximate surface area is 280 Å². The molecule has 9 atom stereocenters. The summed E-state index contributed by atoms with van der Waals surface area (Å²) in [5.74, 6) is 1.36. The van der Waals surface area contributed by atoms with Crippen molar-refractivity contribution >= 4 is 79.2 Å². The van der Waals surface area contributed by atoms with Gasteiger partial charge < -0.3 is 14.9 Å². The number of epoxide rings is 1. The molecule has 5 fully saturated rings. The van der Waals surface area contributed by atoms with E-state index in [0.29, 0.717) is 42.9 Å². The Morgan fingerprint density at radius 3 is 2.41 bits per heavy atom. The molecule has 5 aliphatic carbocycles. The normalized spacial score (nSPS) is 47.7. The molecule has 0 bridgehead atoms. The minimum absolute atomic E-state index is 0. The van der Waals surface area contributed by atoms with Crippen LogP contribution >= 0.6 is 67.5 Å². The topological polar surface area (TPSA) is 87.1 Å². The van der Waals surface area contributed by atoms with Crippen LogP contribution in [0.4, 0.5) is 0 Å². The molecule has 5 nitrogen and oxygen atoms in total. The van der Waals surface area contributed by atoms with E-state index in [9.17, 15) is 19.8 Å². The van der Waals surface area contributed by atoms with Crippen molar-refractivity contribution in [2.45, 2.75) is 82.5 Å². The maximum Gasteiger partial charge on any atom is 1.00 e. The molecule has 1 heterocycles. The summed E-state index contributed by atoms with van der Waals surface area (Å²) in [6.45, 7) is 4.54. The van der Waals surface area contributed by atoms with Gasteiger partial charge in [0.15, 0.2) is 5.78 Å². The van der Waals surface area contributed by atoms with E-state index < -0.39 is 11.6 Å². The van der Waals surface area contributed by atoms with Crippen molar-refractivity contribution < 1.29 is 75.9 Å². The summed E-state index contributed by atoms with van der Waals surface area (Å²) in [7, 11) is 0. The Kier molecular flexibility index (Phi) is 12.1. The van der Waals surface area contributed by atoms with Crippen LogP contribution in [-0.4, -0.2) is 39.3 Å². The van der Waals surface area contributed by atoms with Gasteiger partial charge in [0.25, 0.3) is 0 Å². The van der Waals surface area contributed by atoms with Crippen molar-refractivity contribution in [2.24, 2.45) is 34.5 Å². The minimum Gasteiger partial charge on any atom is -0.481 e. The summed E-state index contributed by atoms with van der Waals surface area (Å²) in [5, 5.41) is 20.8. The largest absolute Gasteiger partial charge is 1.00 e. The average Bonchev–Trinajstić information content (AvgIpc) is 3.52. The number of hydrogen-bond donors (Lipinski definition) is 2. The Hall–Kier alpha value is 2.19. The smallest absolute Gasteiger partial charge is 0.481 e. The van der Waals surface area contributed by atoms with Crippen LogP contribution in [0.15, 0.2) is 11.6 Å². The zero-order chi connectivity index (χ0) is 19.7. The molecule has 4 saturated carbocycles. The van der Waals surface area contributed by atoms with E-state index in [4.69, 9.17) is 4.74 Å². The first kappa shape index (κ1) is 36.2. The van der Waals surface area contributed by atoms with Crippen LogP contribution in [-0.2, 0) is 14.3 Å². The number of aliphatic hydroxyl groups is 1. The van der Waals surface area contributed by atoms with Crippen molar-refractivity contribution in [3.8, 4) is 0 Å². The molecular formula is C23H40KO5S5+. The van der Waals surface area contributed by atoms with Crippen LogP contribution < -0.4 is 51.4 Å². The summed E-state index contributed by atoms with van der Waals surface area (Å²) in [4.78, 5) is 23.3. The predicted molar refractivity (Wildman–Crippen MR) is 152 cm³/mol. The number of carboxylic acids is 1. The van der Waals surface area contributed by atoms with Crippen molar-refractivity contribution in [1.82, 2.24) is 0 Å². The van der Waals surface area contributed by atoms with E-state index >= 15 is 0 Å². The van der Waals surface area contributed by atoms with Gasteiger partial charge in [-0.3, -0.25) is 9.59 Å². The van der Waals surface area contributed by atoms with Crippen LogP contribution in [0.3, 0.4) is 0 Å². The van der Waals surface area contributed by atoms with Crippen molar-refractivity contribution in [2.75, 3.05) is 0 Å². The number of carbonyl (C=O) groups excluding carboxylic acids is 1. The van der Waals surface area contributed by atoms with Gasteiger partial charge >= 0.3 is 57.4 Å². The second-order valence-electron chi connectivity index (χ2n) is 11.0. The third-order valence-electron chi connectivity index (χ3n) is 10.2. The first-order chi connectivity index (χ1) is 13.2. The minimum atomic E-state index is -0.905. The predicted octanol–water partition coefficient (Wildman–Crippen LogP) is 0.669. The van der Waals surface area contributed by atoms with Crippen molar-refractivity contribution in [3.05, 3.63) is 11.6 Å². The van der Waals surface area contributed by atoms with E-state index in [1.165, 1.54) is 5.57 Å². The average molecular weight is 596 g/mol. The monoisotopic (exact) mass is 595 g/mol. The van der Waals surface area contributed by atoms with Gasteiger partial charge in [-0.2, -0.15) is 67.5 Å². The molecule has 192 valence electrons. The fourth-order valence-electron chi connectivity index (χ4n) is 8.66. The fourth-order valence-corrected chi connectivity index (χ4v) is 8.66. The van der Waals surface area contributed by atoms with Crippen LogP contribution in [0.5, 0.6) is 0 Å². The summed E-state index contributed by atoms with van der Waals surface area (Å²) >= 11 is 0. The van der Waals surface area contributed by atoms with Crippen LogP contribution in [0, 0.1) is 34.5 Å². The molecule has 34 heavy (non-hydrogen) atoms. The zero-order valence-corrected chi connectivity index (χ0v) is 28.4. The van der Waals surface area contributed by atoms with Crippen molar-refractivity contribution in [3.63, 3.8) is 0 Å². The molecule has 0 aromatic heterocycles. The van der Waals surface area contributed by atoms with Crippen molar-refractivity contribution in [1.29, 1.82) is 0 Å². The van der Waals surface area contributed by atoms with E-state index in [2.05, 4.69) is 13.8 Å². The van der Waals surface area contributed by atoms with Gasteiger partial charge in [-0.05, 0) is 68.3 Å². The molecule has 11 heteroatoms. The summed E-state index contributed by atoms with van der Waals surface area (Å²) in [6.07, 6.45) is 7.59. The Morgan fingerprint density at radius 2 is 1.79 bits per heavy atom. The molecule has 0 aromatic rings. The molecule has 0 aromatic carbocycles. The van der Waals surface area contributed by atoms with Gasteiger partial charge in [0.05, 0.1) is 11.7 Å². The number of rotatable bonds is 3. The maximum atomic E-state index is 12.1. The third kappa shape index (κ3) is 4.43. The molecule has 0 amide bonds. The third-order valence-corrected chi connectivity index (χ3v) is 10.2. The van der Waals surface area contributed by atoms with E-state index in [0.717, 1.165) is 25.7 Å². The molecule has 6 aliphatic rings. The molecule has 1 unspecified atom stereocenters. The quantitative estimate of drug-likeness (QED) is 0.370. The number of aliphatic carboxylic acids is 1. The van der Waals surface area contributed by atoms with Crippen LogP contribution in [0.25, 0.3) is 0 Å². The molecule has 1 saturated heterocycles. The fraction of sp³-hybridized carbons (Fsp3) is 0.826.